The first-order chi connectivity index (χ1) is 6.26. The van der Waals surface area contributed by atoms with Crippen molar-refractivity contribution >= 4 is 61.1 Å². The Hall–Kier alpha value is 1.16. The largest absolute Gasteiger partial charge is 0.0860 e. The lowest BCUT2D eigenvalue weighted by atomic mass is 10.0. The van der Waals surface area contributed by atoms with Crippen LogP contribution in [0.25, 0.3) is 0 Å². The molecule has 0 nitrogen and oxygen atoms in total. The van der Waals surface area contributed by atoms with Crippen molar-refractivity contribution in [1.29, 1.82) is 0 Å². The van der Waals surface area contributed by atoms with E-state index in [9.17, 15) is 0 Å². The summed E-state index contributed by atoms with van der Waals surface area (Å²) in [5, 5.41) is 0. The summed E-state index contributed by atoms with van der Waals surface area (Å²) in [6, 6.07) is 8.64. The molecule has 0 heterocycles. The van der Waals surface area contributed by atoms with E-state index in [0.29, 0.717) is 0 Å². The lowest BCUT2D eigenvalue weighted by Crippen LogP contribution is -2.06. The molecular weight excluding hydrogens is 454 g/mol. The van der Waals surface area contributed by atoms with Crippen LogP contribution >= 0.6 is 61.1 Å². The lowest BCUT2D eigenvalue weighted by Gasteiger charge is -2.09. The first kappa shape index (κ1) is 12.2. The normalized spacial score (nSPS) is 10.8. The molecule has 3 heteroatoms. The summed E-state index contributed by atoms with van der Waals surface area (Å²) in [5.41, 5.74) is 1.45. The quantitative estimate of drug-likeness (QED) is 0.455. The Morgan fingerprint density at radius 3 is 2.08 bits per heavy atom. The third kappa shape index (κ3) is 4.46. The van der Waals surface area contributed by atoms with Crippen LogP contribution in [0.3, 0.4) is 0 Å². The fourth-order valence-electron chi connectivity index (χ4n) is 1.10. The molecule has 0 atom stereocenters. The minimum atomic E-state index is 0.822. The van der Waals surface area contributed by atoms with Crippen molar-refractivity contribution in [2.24, 2.45) is 5.92 Å². The summed E-state index contributed by atoms with van der Waals surface area (Å²) in [4.78, 5) is 0. The molecule has 0 spiro atoms. The second-order valence-electron chi connectivity index (χ2n) is 3.01. The maximum absolute atomic E-state index is 3.44. The molecule has 0 aliphatic heterocycles. The van der Waals surface area contributed by atoms with Crippen LogP contribution in [-0.2, 0) is 6.42 Å². The van der Waals surface area contributed by atoms with Crippen molar-refractivity contribution in [2.75, 3.05) is 8.86 Å². The maximum Gasteiger partial charge on any atom is 0.0175 e. The number of benzene rings is 1. The summed E-state index contributed by atoms with van der Waals surface area (Å²) < 4.78 is 3.66. The van der Waals surface area contributed by atoms with E-state index >= 15 is 0 Å². The Kier molecular flexibility index (Phi) is 6.22. The molecule has 1 aromatic carbocycles. The van der Waals surface area contributed by atoms with Gasteiger partial charge in [0.2, 0.25) is 0 Å². The zero-order valence-corrected chi connectivity index (χ0v) is 13.0. The van der Waals surface area contributed by atoms with Gasteiger partial charge in [0.1, 0.15) is 0 Å². The Bertz CT molecular complexity index is 242. The smallest absolute Gasteiger partial charge is 0.0175 e. The molecule has 0 fully saturated rings. The van der Waals surface area contributed by atoms with Crippen LogP contribution in [0.5, 0.6) is 0 Å². The van der Waals surface area contributed by atoms with E-state index in [-0.39, 0.29) is 0 Å². The molecule has 0 aromatic heterocycles. The monoisotopic (exact) mass is 464 g/mol. The van der Waals surface area contributed by atoms with Crippen LogP contribution in [-0.4, -0.2) is 8.86 Å². The van der Waals surface area contributed by atoms with Gasteiger partial charge in [-0.05, 0) is 30.0 Å². The number of halogens is 3. The number of hydrogen-bond acceptors (Lipinski definition) is 0. The molecule has 13 heavy (non-hydrogen) atoms. The van der Waals surface area contributed by atoms with Crippen molar-refractivity contribution in [3.8, 4) is 0 Å². The molecular formula is C10H11BrI2. The summed E-state index contributed by atoms with van der Waals surface area (Å²) in [6.45, 7) is 0. The van der Waals surface area contributed by atoms with Crippen molar-refractivity contribution in [3.05, 3.63) is 34.3 Å². The van der Waals surface area contributed by atoms with Gasteiger partial charge in [-0.15, -0.1) is 0 Å². The highest BCUT2D eigenvalue weighted by atomic mass is 127. The van der Waals surface area contributed by atoms with E-state index in [4.69, 9.17) is 0 Å². The standard InChI is InChI=1S/C10H11BrI2/c11-10-3-1-8(2-4-10)5-9(6-12)7-13/h1-4,9H,5-7H2. The second-order valence-corrected chi connectivity index (χ2v) is 5.68. The van der Waals surface area contributed by atoms with E-state index in [0.717, 1.165) is 10.4 Å². The minimum absolute atomic E-state index is 0.822. The van der Waals surface area contributed by atoms with Crippen molar-refractivity contribution in [2.45, 2.75) is 6.42 Å². The van der Waals surface area contributed by atoms with Crippen LogP contribution < -0.4 is 0 Å². The predicted octanol–water partition coefficient (Wildman–Crippen LogP) is 4.48. The summed E-state index contributed by atoms with van der Waals surface area (Å²) in [6.07, 6.45) is 1.21. The van der Waals surface area contributed by atoms with Gasteiger partial charge < -0.3 is 0 Å². The average Bonchev–Trinajstić information content (AvgIpc) is 2.17. The highest BCUT2D eigenvalue weighted by Gasteiger charge is 2.05. The molecule has 0 aliphatic rings. The molecule has 0 N–H and O–H groups in total. The van der Waals surface area contributed by atoms with E-state index in [1.54, 1.807) is 0 Å². The van der Waals surface area contributed by atoms with Crippen LogP contribution in [0.4, 0.5) is 0 Å². The second kappa shape index (κ2) is 6.61. The van der Waals surface area contributed by atoms with Crippen molar-refractivity contribution < 1.29 is 0 Å². The van der Waals surface area contributed by atoms with E-state index in [2.05, 4.69) is 85.4 Å². The summed E-state index contributed by atoms with van der Waals surface area (Å²) in [7, 11) is 0. The third-order valence-electron chi connectivity index (χ3n) is 1.87. The SMILES string of the molecule is Brc1ccc(CC(CI)CI)cc1. The highest BCUT2D eigenvalue weighted by Crippen LogP contribution is 2.16. The van der Waals surface area contributed by atoms with Crippen LogP contribution in [0, 0.1) is 5.92 Å². The van der Waals surface area contributed by atoms with Crippen LogP contribution in [0.15, 0.2) is 28.7 Å². The first-order valence-corrected chi connectivity index (χ1v) is 7.97. The number of hydrogen-bond donors (Lipinski definition) is 0. The summed E-state index contributed by atoms with van der Waals surface area (Å²) in [5.74, 6) is 0.822. The molecule has 0 saturated carbocycles. The van der Waals surface area contributed by atoms with E-state index in [1.807, 2.05) is 0 Å². The zero-order valence-electron chi connectivity index (χ0n) is 7.14. The van der Waals surface area contributed by atoms with Gasteiger partial charge in [0.15, 0.2) is 0 Å². The molecule has 0 radical (unpaired) electrons. The lowest BCUT2D eigenvalue weighted by molar-refractivity contribution is 0.690. The molecule has 0 unspecified atom stereocenters. The van der Waals surface area contributed by atoms with E-state index < -0.39 is 0 Å². The fourth-order valence-corrected chi connectivity index (χ4v) is 3.81. The minimum Gasteiger partial charge on any atom is -0.0860 e. The Morgan fingerprint density at radius 2 is 1.62 bits per heavy atom. The van der Waals surface area contributed by atoms with Gasteiger partial charge >= 0.3 is 0 Å². The van der Waals surface area contributed by atoms with Gasteiger partial charge in [0.05, 0.1) is 0 Å². The molecule has 0 amide bonds. The average molecular weight is 465 g/mol. The van der Waals surface area contributed by atoms with E-state index in [1.165, 1.54) is 20.8 Å². The molecule has 72 valence electrons. The van der Waals surface area contributed by atoms with Gasteiger partial charge in [-0.25, -0.2) is 0 Å². The molecule has 0 aliphatic carbocycles. The summed E-state index contributed by atoms with van der Waals surface area (Å²) >= 11 is 8.38. The van der Waals surface area contributed by atoms with Crippen molar-refractivity contribution in [3.63, 3.8) is 0 Å². The van der Waals surface area contributed by atoms with Gasteiger partial charge in [0.25, 0.3) is 0 Å². The maximum atomic E-state index is 3.44. The van der Waals surface area contributed by atoms with Gasteiger partial charge in [0, 0.05) is 13.3 Å². The molecule has 0 saturated heterocycles. The Balaban J connectivity index is 2.58. The fraction of sp³-hybridized carbons (Fsp3) is 0.400. The molecule has 0 bridgehead atoms. The molecule has 1 aromatic rings. The van der Waals surface area contributed by atoms with Crippen LogP contribution in [0.2, 0.25) is 0 Å². The Morgan fingerprint density at radius 1 is 1.08 bits per heavy atom. The van der Waals surface area contributed by atoms with Gasteiger partial charge in [-0.1, -0.05) is 73.2 Å². The first-order valence-electron chi connectivity index (χ1n) is 4.12. The number of alkyl halides is 2. The van der Waals surface area contributed by atoms with Crippen molar-refractivity contribution in [1.82, 2.24) is 0 Å². The predicted molar refractivity (Wildman–Crippen MR) is 79.1 cm³/mol. The van der Waals surface area contributed by atoms with Gasteiger partial charge in [-0.3, -0.25) is 0 Å². The van der Waals surface area contributed by atoms with Gasteiger partial charge in [-0.2, -0.15) is 0 Å². The zero-order chi connectivity index (χ0) is 9.68. The molecule has 1 rings (SSSR count). The Labute approximate surface area is 115 Å². The topological polar surface area (TPSA) is 0 Å². The highest BCUT2D eigenvalue weighted by molar-refractivity contribution is 14.1. The van der Waals surface area contributed by atoms with Crippen LogP contribution in [0.1, 0.15) is 5.56 Å². The number of rotatable bonds is 4. The third-order valence-corrected chi connectivity index (χ3v) is 4.89.